The van der Waals surface area contributed by atoms with Gasteiger partial charge in [0, 0.05) is 6.26 Å². The number of carbonyl (C=O) groups is 1. The predicted octanol–water partition coefficient (Wildman–Crippen LogP) is 3.40. The van der Waals surface area contributed by atoms with Crippen LogP contribution in [0.5, 0.6) is 0 Å². The van der Waals surface area contributed by atoms with E-state index in [1.165, 1.54) is 12.1 Å². The van der Waals surface area contributed by atoms with Crippen molar-refractivity contribution in [2.75, 3.05) is 11.6 Å². The van der Waals surface area contributed by atoms with Gasteiger partial charge >= 0.3 is 6.01 Å². The Hall–Kier alpha value is -3.52. The molecule has 0 atom stereocenters. The Morgan fingerprint density at radius 1 is 0.967 bits per heavy atom. The minimum Gasteiger partial charge on any atom is -0.407 e. The normalized spacial score (nSPS) is 11.5. The monoisotopic (exact) mass is 421 g/mol. The molecule has 8 heteroatoms. The smallest absolute Gasteiger partial charge is 0.322 e. The molecule has 0 radical (unpaired) electrons. The number of hydrogen-bond acceptors (Lipinski definition) is 6. The SMILES string of the molecule is CS(=O)(=O)c1ccc(Cc2nnc(NC(=O)Cc3cccc4ccccc34)o2)cc1. The summed E-state index contributed by atoms with van der Waals surface area (Å²) >= 11 is 0. The summed E-state index contributed by atoms with van der Waals surface area (Å²) in [6.45, 7) is 0. The van der Waals surface area contributed by atoms with E-state index >= 15 is 0 Å². The lowest BCUT2D eigenvalue weighted by Gasteiger charge is -2.05. The van der Waals surface area contributed by atoms with Crippen LogP contribution >= 0.6 is 0 Å². The van der Waals surface area contributed by atoms with E-state index in [1.54, 1.807) is 12.1 Å². The zero-order valence-electron chi connectivity index (χ0n) is 16.2. The molecule has 0 aliphatic heterocycles. The fourth-order valence-corrected chi connectivity index (χ4v) is 3.82. The quantitative estimate of drug-likeness (QED) is 0.512. The lowest BCUT2D eigenvalue weighted by atomic mass is 10.0. The van der Waals surface area contributed by atoms with Gasteiger partial charge in [0.2, 0.25) is 11.8 Å². The van der Waals surface area contributed by atoms with E-state index in [0.717, 1.165) is 28.2 Å². The summed E-state index contributed by atoms with van der Waals surface area (Å²) in [5.74, 6) is 0.0709. The summed E-state index contributed by atoms with van der Waals surface area (Å²) in [5, 5.41) is 12.5. The molecule has 0 fully saturated rings. The molecule has 1 amide bonds. The van der Waals surface area contributed by atoms with E-state index in [-0.39, 0.29) is 23.2 Å². The second-order valence-corrected chi connectivity index (χ2v) is 8.97. The molecular weight excluding hydrogens is 402 g/mol. The molecule has 30 heavy (non-hydrogen) atoms. The summed E-state index contributed by atoms with van der Waals surface area (Å²) in [6, 6.07) is 20.2. The average Bonchev–Trinajstić information content (AvgIpc) is 3.14. The van der Waals surface area contributed by atoms with Gasteiger partial charge in [-0.05, 0) is 34.0 Å². The Morgan fingerprint density at radius 2 is 1.70 bits per heavy atom. The highest BCUT2D eigenvalue weighted by Gasteiger charge is 2.13. The molecule has 3 aromatic carbocycles. The third-order valence-electron chi connectivity index (χ3n) is 4.65. The third kappa shape index (κ3) is 4.55. The van der Waals surface area contributed by atoms with E-state index in [4.69, 9.17) is 4.42 Å². The number of nitrogens with one attached hydrogen (secondary N) is 1. The molecule has 0 aliphatic rings. The maximum absolute atomic E-state index is 12.4. The van der Waals surface area contributed by atoms with E-state index in [2.05, 4.69) is 15.5 Å². The maximum Gasteiger partial charge on any atom is 0.322 e. The summed E-state index contributed by atoms with van der Waals surface area (Å²) in [7, 11) is -3.24. The summed E-state index contributed by atoms with van der Waals surface area (Å²) < 4.78 is 28.6. The number of fused-ring (bicyclic) bond motifs is 1. The van der Waals surface area contributed by atoms with Crippen molar-refractivity contribution < 1.29 is 17.6 Å². The van der Waals surface area contributed by atoms with Crippen molar-refractivity contribution in [3.05, 3.63) is 83.7 Å². The number of sulfone groups is 1. The predicted molar refractivity (Wildman–Crippen MR) is 113 cm³/mol. The fourth-order valence-electron chi connectivity index (χ4n) is 3.19. The van der Waals surface area contributed by atoms with Crippen LogP contribution in [0.1, 0.15) is 17.0 Å². The number of nitrogens with zero attached hydrogens (tertiary/aromatic N) is 2. The number of aromatic nitrogens is 2. The van der Waals surface area contributed by atoms with Gasteiger partial charge in [-0.15, -0.1) is 5.10 Å². The van der Waals surface area contributed by atoms with E-state index in [9.17, 15) is 13.2 Å². The highest BCUT2D eigenvalue weighted by molar-refractivity contribution is 7.90. The minimum atomic E-state index is -3.24. The molecule has 0 saturated carbocycles. The van der Waals surface area contributed by atoms with Crippen LogP contribution in [0.15, 0.2) is 76.0 Å². The van der Waals surface area contributed by atoms with Crippen molar-refractivity contribution in [1.29, 1.82) is 0 Å². The molecule has 0 aliphatic carbocycles. The van der Waals surface area contributed by atoms with Crippen LogP contribution in [0.25, 0.3) is 10.8 Å². The van der Waals surface area contributed by atoms with Gasteiger partial charge in [0.15, 0.2) is 9.84 Å². The maximum atomic E-state index is 12.4. The van der Waals surface area contributed by atoms with E-state index < -0.39 is 9.84 Å². The summed E-state index contributed by atoms with van der Waals surface area (Å²) in [4.78, 5) is 12.7. The van der Waals surface area contributed by atoms with Crippen molar-refractivity contribution in [2.24, 2.45) is 0 Å². The first-order valence-corrected chi connectivity index (χ1v) is 11.2. The van der Waals surface area contributed by atoms with Gasteiger partial charge in [0.25, 0.3) is 0 Å². The molecule has 1 heterocycles. The first-order chi connectivity index (χ1) is 14.4. The number of benzene rings is 3. The van der Waals surface area contributed by atoms with Crippen molar-refractivity contribution in [1.82, 2.24) is 10.2 Å². The molecule has 4 aromatic rings. The van der Waals surface area contributed by atoms with Gasteiger partial charge in [0.05, 0.1) is 17.7 Å². The Balaban J connectivity index is 1.41. The molecule has 0 spiro atoms. The topological polar surface area (TPSA) is 102 Å². The highest BCUT2D eigenvalue weighted by Crippen LogP contribution is 2.20. The van der Waals surface area contributed by atoms with Gasteiger partial charge in [0.1, 0.15) is 0 Å². The van der Waals surface area contributed by atoms with Gasteiger partial charge in [-0.25, -0.2) is 8.42 Å². The van der Waals surface area contributed by atoms with Crippen LogP contribution in [-0.4, -0.2) is 30.8 Å². The van der Waals surface area contributed by atoms with Crippen LogP contribution < -0.4 is 5.32 Å². The Bertz CT molecular complexity index is 1310. The zero-order chi connectivity index (χ0) is 21.1. The van der Waals surface area contributed by atoms with Gasteiger partial charge in [-0.3, -0.25) is 10.1 Å². The lowest BCUT2D eigenvalue weighted by Crippen LogP contribution is -2.14. The van der Waals surface area contributed by atoms with E-state index in [1.807, 2.05) is 42.5 Å². The Morgan fingerprint density at radius 3 is 2.47 bits per heavy atom. The summed E-state index contributed by atoms with van der Waals surface area (Å²) in [6.07, 6.45) is 1.68. The first-order valence-electron chi connectivity index (χ1n) is 9.26. The van der Waals surface area contributed by atoms with Crippen LogP contribution in [0.2, 0.25) is 0 Å². The van der Waals surface area contributed by atoms with Crippen LogP contribution in [0, 0.1) is 0 Å². The molecule has 0 saturated heterocycles. The molecule has 7 nitrogen and oxygen atoms in total. The molecule has 1 N–H and O–H groups in total. The van der Waals surface area contributed by atoms with Crippen molar-refractivity contribution >= 4 is 32.5 Å². The minimum absolute atomic E-state index is 0.0305. The van der Waals surface area contributed by atoms with E-state index in [0.29, 0.717) is 12.3 Å². The van der Waals surface area contributed by atoms with Gasteiger partial charge in [-0.1, -0.05) is 59.7 Å². The molecular formula is C22H19N3O4S. The first kappa shape index (κ1) is 19.8. The van der Waals surface area contributed by atoms with Crippen molar-refractivity contribution in [3.63, 3.8) is 0 Å². The van der Waals surface area contributed by atoms with Gasteiger partial charge in [-0.2, -0.15) is 0 Å². The number of rotatable bonds is 6. The average molecular weight is 421 g/mol. The number of carbonyl (C=O) groups excluding carboxylic acids is 1. The standard InChI is InChI=1S/C22H19N3O4S/c1-30(27,28)18-11-9-15(10-12-18)13-21-24-25-22(29-21)23-20(26)14-17-7-4-6-16-5-2-3-8-19(16)17/h2-12H,13-14H2,1H3,(H,23,25,26). The number of hydrogen-bond donors (Lipinski definition) is 1. The lowest BCUT2D eigenvalue weighted by molar-refractivity contribution is -0.115. The zero-order valence-corrected chi connectivity index (χ0v) is 17.0. The number of amides is 1. The third-order valence-corrected chi connectivity index (χ3v) is 5.78. The molecule has 4 rings (SSSR count). The van der Waals surface area contributed by atoms with Crippen molar-refractivity contribution in [2.45, 2.75) is 17.7 Å². The second-order valence-electron chi connectivity index (χ2n) is 6.96. The van der Waals surface area contributed by atoms with Crippen LogP contribution in [0.4, 0.5) is 6.01 Å². The molecule has 152 valence electrons. The Kier molecular flexibility index (Phi) is 5.33. The fraction of sp³-hybridized carbons (Fsp3) is 0.136. The molecule has 1 aromatic heterocycles. The Labute approximate surface area is 173 Å². The summed E-state index contributed by atoms with van der Waals surface area (Å²) in [5.41, 5.74) is 1.73. The number of anilines is 1. The highest BCUT2D eigenvalue weighted by atomic mass is 32.2. The van der Waals surface area contributed by atoms with Crippen molar-refractivity contribution in [3.8, 4) is 0 Å². The van der Waals surface area contributed by atoms with Crippen LogP contribution in [-0.2, 0) is 27.5 Å². The largest absolute Gasteiger partial charge is 0.407 e. The molecule has 0 unspecified atom stereocenters. The van der Waals surface area contributed by atoms with Crippen LogP contribution in [0.3, 0.4) is 0 Å². The molecule has 0 bridgehead atoms. The second kappa shape index (κ2) is 8.08. The van der Waals surface area contributed by atoms with Gasteiger partial charge < -0.3 is 4.42 Å².